The SMILES string of the molecule is CCCC(c1c(O)c(C)cc2c1CCC2)[Si](C)(C)C. The molecule has 0 radical (unpaired) electrons. The standard InChI is InChI=1S/C17H28OSi/c1-6-8-15(19(3,4)5)16-14-10-7-9-13(14)11-12(2)17(16)18/h11,15,18H,6-10H2,1-5H3. The van der Waals surface area contributed by atoms with Gasteiger partial charge in [0.15, 0.2) is 0 Å². The maximum absolute atomic E-state index is 10.6. The van der Waals surface area contributed by atoms with E-state index >= 15 is 0 Å². The molecule has 1 aromatic carbocycles. The van der Waals surface area contributed by atoms with Crippen molar-refractivity contribution in [3.8, 4) is 5.75 Å². The Kier molecular flexibility index (Phi) is 4.10. The van der Waals surface area contributed by atoms with Crippen LogP contribution in [0.1, 0.15) is 54.0 Å². The van der Waals surface area contributed by atoms with Crippen LogP contribution in [0.25, 0.3) is 0 Å². The molecule has 0 heterocycles. The molecule has 0 saturated carbocycles. The zero-order valence-electron chi connectivity index (χ0n) is 13.1. The first-order chi connectivity index (χ1) is 8.86. The molecule has 19 heavy (non-hydrogen) atoms. The number of hydrogen-bond acceptors (Lipinski definition) is 1. The minimum atomic E-state index is -1.31. The normalized spacial score (nSPS) is 16.5. The second-order valence-electron chi connectivity index (χ2n) is 7.15. The average Bonchev–Trinajstić information content (AvgIpc) is 2.75. The lowest BCUT2D eigenvalue weighted by atomic mass is 9.94. The summed E-state index contributed by atoms with van der Waals surface area (Å²) in [6.45, 7) is 11.6. The predicted molar refractivity (Wildman–Crippen MR) is 85.9 cm³/mol. The molecule has 106 valence electrons. The van der Waals surface area contributed by atoms with Crippen LogP contribution >= 0.6 is 0 Å². The predicted octanol–water partition coefficient (Wildman–Crippen LogP) is 4.95. The Morgan fingerprint density at radius 2 is 1.95 bits per heavy atom. The molecule has 1 aliphatic rings. The van der Waals surface area contributed by atoms with Gasteiger partial charge in [-0.05, 0) is 60.4 Å². The van der Waals surface area contributed by atoms with Gasteiger partial charge in [0.05, 0.1) is 8.07 Å². The van der Waals surface area contributed by atoms with Crippen molar-refractivity contribution in [2.24, 2.45) is 0 Å². The Labute approximate surface area is 119 Å². The van der Waals surface area contributed by atoms with Gasteiger partial charge in [0, 0.05) is 0 Å². The summed E-state index contributed by atoms with van der Waals surface area (Å²) in [5.74, 6) is 0.599. The topological polar surface area (TPSA) is 20.2 Å². The summed E-state index contributed by atoms with van der Waals surface area (Å²) in [6.07, 6.45) is 6.06. The van der Waals surface area contributed by atoms with Gasteiger partial charge in [0.2, 0.25) is 0 Å². The maximum Gasteiger partial charge on any atom is 0.121 e. The quantitative estimate of drug-likeness (QED) is 0.771. The highest BCUT2D eigenvalue weighted by Crippen LogP contribution is 2.43. The minimum absolute atomic E-state index is 0.599. The van der Waals surface area contributed by atoms with Crippen molar-refractivity contribution in [1.29, 1.82) is 0 Å². The van der Waals surface area contributed by atoms with Crippen LogP contribution in [-0.2, 0) is 12.8 Å². The summed E-state index contributed by atoms with van der Waals surface area (Å²) in [5, 5.41) is 10.6. The highest BCUT2D eigenvalue weighted by atomic mass is 28.3. The van der Waals surface area contributed by atoms with Crippen molar-refractivity contribution < 1.29 is 5.11 Å². The molecule has 1 nitrogen and oxygen atoms in total. The van der Waals surface area contributed by atoms with Crippen LogP contribution in [0.3, 0.4) is 0 Å². The molecule has 1 atom stereocenters. The summed E-state index contributed by atoms with van der Waals surface area (Å²) < 4.78 is 0. The number of hydrogen-bond donors (Lipinski definition) is 1. The molecule has 0 saturated heterocycles. The van der Waals surface area contributed by atoms with Gasteiger partial charge in [-0.15, -0.1) is 0 Å². The van der Waals surface area contributed by atoms with E-state index in [0.717, 1.165) is 5.56 Å². The number of benzene rings is 1. The molecule has 0 aromatic heterocycles. The fourth-order valence-electron chi connectivity index (χ4n) is 3.59. The molecule has 0 fully saturated rings. The van der Waals surface area contributed by atoms with Gasteiger partial charge in [-0.3, -0.25) is 0 Å². The minimum Gasteiger partial charge on any atom is -0.507 e. The van der Waals surface area contributed by atoms with Crippen molar-refractivity contribution in [3.05, 3.63) is 28.3 Å². The van der Waals surface area contributed by atoms with E-state index in [9.17, 15) is 5.11 Å². The van der Waals surface area contributed by atoms with E-state index in [1.165, 1.54) is 48.8 Å². The van der Waals surface area contributed by atoms with E-state index < -0.39 is 8.07 Å². The lowest BCUT2D eigenvalue weighted by Gasteiger charge is -2.32. The number of aryl methyl sites for hydroxylation is 2. The molecular weight excluding hydrogens is 248 g/mol. The Morgan fingerprint density at radius 1 is 1.26 bits per heavy atom. The van der Waals surface area contributed by atoms with Crippen molar-refractivity contribution >= 4 is 8.07 Å². The number of phenols is 1. The second-order valence-corrected chi connectivity index (χ2v) is 12.6. The van der Waals surface area contributed by atoms with Crippen LogP contribution in [0.15, 0.2) is 6.07 Å². The van der Waals surface area contributed by atoms with Gasteiger partial charge < -0.3 is 5.11 Å². The zero-order chi connectivity index (χ0) is 14.2. The number of phenolic OH excluding ortho intramolecular Hbond substituents is 1. The van der Waals surface area contributed by atoms with Gasteiger partial charge in [0.1, 0.15) is 5.75 Å². The summed E-state index contributed by atoms with van der Waals surface area (Å²) in [7, 11) is -1.31. The van der Waals surface area contributed by atoms with E-state index in [-0.39, 0.29) is 0 Å². The number of rotatable bonds is 4. The largest absolute Gasteiger partial charge is 0.507 e. The van der Waals surface area contributed by atoms with Crippen molar-refractivity contribution in [2.45, 2.75) is 71.1 Å². The van der Waals surface area contributed by atoms with E-state index in [4.69, 9.17) is 0 Å². The summed E-state index contributed by atoms with van der Waals surface area (Å²) in [5.41, 5.74) is 6.00. The van der Waals surface area contributed by atoms with E-state index in [1.807, 2.05) is 0 Å². The van der Waals surface area contributed by atoms with Crippen LogP contribution in [0.4, 0.5) is 0 Å². The zero-order valence-corrected chi connectivity index (χ0v) is 14.1. The van der Waals surface area contributed by atoms with Gasteiger partial charge in [-0.25, -0.2) is 0 Å². The molecule has 2 rings (SSSR count). The molecule has 0 aliphatic heterocycles. The van der Waals surface area contributed by atoms with Crippen LogP contribution < -0.4 is 0 Å². The molecular formula is C17H28OSi. The number of fused-ring (bicyclic) bond motifs is 1. The van der Waals surface area contributed by atoms with E-state index in [0.29, 0.717) is 11.3 Å². The van der Waals surface area contributed by atoms with E-state index in [2.05, 4.69) is 39.6 Å². The highest BCUT2D eigenvalue weighted by molar-refractivity contribution is 6.77. The lowest BCUT2D eigenvalue weighted by Crippen LogP contribution is -2.32. The molecule has 0 spiro atoms. The fraction of sp³-hybridized carbons (Fsp3) is 0.647. The van der Waals surface area contributed by atoms with Gasteiger partial charge >= 0.3 is 0 Å². The Hall–Kier alpha value is -0.763. The van der Waals surface area contributed by atoms with Crippen LogP contribution in [-0.4, -0.2) is 13.2 Å². The molecule has 2 heteroatoms. The van der Waals surface area contributed by atoms with Crippen LogP contribution in [0.5, 0.6) is 5.75 Å². The summed E-state index contributed by atoms with van der Waals surface area (Å²) in [4.78, 5) is 0. The third kappa shape index (κ3) is 2.74. The maximum atomic E-state index is 10.6. The van der Waals surface area contributed by atoms with Crippen LogP contribution in [0, 0.1) is 6.92 Å². The van der Waals surface area contributed by atoms with Crippen LogP contribution in [0.2, 0.25) is 19.6 Å². The van der Waals surface area contributed by atoms with Gasteiger partial charge in [0.25, 0.3) is 0 Å². The second kappa shape index (κ2) is 5.32. The number of aromatic hydroxyl groups is 1. The lowest BCUT2D eigenvalue weighted by molar-refractivity contribution is 0.459. The smallest absolute Gasteiger partial charge is 0.121 e. The fourth-order valence-corrected chi connectivity index (χ4v) is 5.93. The Morgan fingerprint density at radius 3 is 2.53 bits per heavy atom. The third-order valence-electron chi connectivity index (χ3n) is 4.58. The van der Waals surface area contributed by atoms with Crippen molar-refractivity contribution in [2.75, 3.05) is 0 Å². The summed E-state index contributed by atoms with van der Waals surface area (Å²) >= 11 is 0. The molecule has 0 amide bonds. The summed E-state index contributed by atoms with van der Waals surface area (Å²) in [6, 6.07) is 2.22. The first-order valence-electron chi connectivity index (χ1n) is 7.70. The first kappa shape index (κ1) is 14.6. The first-order valence-corrected chi connectivity index (χ1v) is 11.3. The average molecular weight is 276 g/mol. The molecule has 1 unspecified atom stereocenters. The van der Waals surface area contributed by atoms with E-state index in [1.54, 1.807) is 0 Å². The Balaban J connectivity index is 2.59. The molecule has 1 aliphatic carbocycles. The Bertz CT molecular complexity index is 471. The molecule has 0 bridgehead atoms. The third-order valence-corrected chi connectivity index (χ3v) is 7.24. The van der Waals surface area contributed by atoms with Crippen molar-refractivity contribution in [1.82, 2.24) is 0 Å². The molecule has 1 N–H and O–H groups in total. The monoisotopic (exact) mass is 276 g/mol. The van der Waals surface area contributed by atoms with Crippen molar-refractivity contribution in [3.63, 3.8) is 0 Å². The molecule has 1 aromatic rings. The van der Waals surface area contributed by atoms with Gasteiger partial charge in [-0.1, -0.05) is 39.1 Å². The highest BCUT2D eigenvalue weighted by Gasteiger charge is 2.33. The van der Waals surface area contributed by atoms with Gasteiger partial charge in [-0.2, -0.15) is 0 Å².